The number of hydrogen-bond donors (Lipinski definition) is 2. The van der Waals surface area contributed by atoms with Gasteiger partial charge in [-0.15, -0.1) is 0 Å². The molecule has 176 valence electrons. The van der Waals surface area contributed by atoms with Crippen LogP contribution in [0.5, 0.6) is 0 Å². The lowest BCUT2D eigenvalue weighted by Gasteiger charge is -2.28. The molecule has 1 aliphatic carbocycles. The summed E-state index contributed by atoms with van der Waals surface area (Å²) in [6.07, 6.45) is 8.06. The summed E-state index contributed by atoms with van der Waals surface area (Å²) >= 11 is 0. The lowest BCUT2D eigenvalue weighted by atomic mass is 9.99. The molecule has 0 radical (unpaired) electrons. The number of fused-ring (bicyclic) bond motifs is 1. The Balaban J connectivity index is 1.39. The van der Waals surface area contributed by atoms with Gasteiger partial charge in [-0.25, -0.2) is 19.9 Å². The van der Waals surface area contributed by atoms with Crippen molar-refractivity contribution in [2.24, 2.45) is 0 Å². The molecule has 2 aliphatic rings. The predicted octanol–water partition coefficient (Wildman–Crippen LogP) is 2.50. The number of nitrogen functional groups attached to an aromatic ring is 1. The average Bonchev–Trinajstić information content (AvgIpc) is 3.28. The molecule has 1 aliphatic heterocycles. The molecule has 1 fully saturated rings. The summed E-state index contributed by atoms with van der Waals surface area (Å²) in [7, 11) is 0. The standard InChI is InChI=1S/C24H28N8O2/c1-15-19(3-2-8-26-15)29-20(33)7-5-16-4-6-18-21(16)30-24(32-9-11-34-12-10-32)31-22(18)17-13-27-23(25)28-14-17/h2-3,8,13-14,16H,4-7,9-12H2,1H3,(H,29,33)(H2,25,27,28). The van der Waals surface area contributed by atoms with E-state index in [1.165, 1.54) is 0 Å². The van der Waals surface area contributed by atoms with E-state index in [-0.39, 0.29) is 17.8 Å². The number of hydrogen-bond acceptors (Lipinski definition) is 9. The van der Waals surface area contributed by atoms with Crippen molar-refractivity contribution >= 4 is 23.5 Å². The second-order valence-corrected chi connectivity index (χ2v) is 8.62. The molecule has 1 amide bonds. The Kier molecular flexibility index (Phi) is 6.31. The van der Waals surface area contributed by atoms with E-state index in [4.69, 9.17) is 20.4 Å². The maximum atomic E-state index is 12.6. The number of anilines is 3. The lowest BCUT2D eigenvalue weighted by Crippen LogP contribution is -2.37. The van der Waals surface area contributed by atoms with Gasteiger partial charge in [0.1, 0.15) is 0 Å². The summed E-state index contributed by atoms with van der Waals surface area (Å²) in [5, 5.41) is 2.98. The van der Waals surface area contributed by atoms with E-state index in [1.807, 2.05) is 19.1 Å². The molecule has 0 bridgehead atoms. The molecule has 10 nitrogen and oxygen atoms in total. The van der Waals surface area contributed by atoms with E-state index in [1.54, 1.807) is 18.6 Å². The van der Waals surface area contributed by atoms with Crippen molar-refractivity contribution in [3.63, 3.8) is 0 Å². The number of ether oxygens (including phenoxy) is 1. The molecule has 0 spiro atoms. The van der Waals surface area contributed by atoms with Gasteiger partial charge in [0.2, 0.25) is 17.8 Å². The SMILES string of the molecule is Cc1ncccc1NC(=O)CCC1CCc2c(-c3cnc(N)nc3)nc(N3CCOCC3)nc21. The summed E-state index contributed by atoms with van der Waals surface area (Å²) in [4.78, 5) is 37.3. The number of nitrogens with two attached hydrogens (primary N) is 1. The Morgan fingerprint density at radius 2 is 2.00 bits per heavy atom. The van der Waals surface area contributed by atoms with Crippen LogP contribution >= 0.6 is 0 Å². The number of aromatic nitrogens is 5. The average molecular weight is 461 g/mol. The number of nitrogens with one attached hydrogen (secondary N) is 1. The summed E-state index contributed by atoms with van der Waals surface area (Å²) in [6, 6.07) is 3.69. The Bertz CT molecular complexity index is 1180. The van der Waals surface area contributed by atoms with E-state index in [2.05, 4.69) is 25.2 Å². The quantitative estimate of drug-likeness (QED) is 0.569. The van der Waals surface area contributed by atoms with Crippen LogP contribution in [0.15, 0.2) is 30.7 Å². The maximum Gasteiger partial charge on any atom is 0.226 e. The van der Waals surface area contributed by atoms with Crippen LogP contribution in [0.1, 0.15) is 42.1 Å². The minimum absolute atomic E-state index is 0.0147. The zero-order valence-electron chi connectivity index (χ0n) is 19.2. The molecule has 4 heterocycles. The van der Waals surface area contributed by atoms with Gasteiger partial charge in [-0.1, -0.05) is 0 Å². The second kappa shape index (κ2) is 9.68. The molecule has 3 N–H and O–H groups in total. The number of amides is 1. The minimum Gasteiger partial charge on any atom is -0.378 e. The Labute approximate surface area is 198 Å². The highest BCUT2D eigenvalue weighted by molar-refractivity contribution is 5.91. The molecule has 5 rings (SSSR count). The number of carbonyl (C=O) groups excluding carboxylic acids is 1. The molecule has 3 aromatic heterocycles. The van der Waals surface area contributed by atoms with Crippen LogP contribution in [-0.2, 0) is 16.0 Å². The van der Waals surface area contributed by atoms with Crippen LogP contribution in [0.2, 0.25) is 0 Å². The fourth-order valence-corrected chi connectivity index (χ4v) is 4.55. The van der Waals surface area contributed by atoms with Crippen LogP contribution in [-0.4, -0.2) is 57.1 Å². The molecule has 0 saturated carbocycles. The number of rotatable bonds is 6. The summed E-state index contributed by atoms with van der Waals surface area (Å²) in [6.45, 7) is 4.67. The summed E-state index contributed by atoms with van der Waals surface area (Å²) in [5.41, 5.74) is 11.1. The van der Waals surface area contributed by atoms with Crippen molar-refractivity contribution in [2.45, 2.75) is 38.5 Å². The molecule has 1 unspecified atom stereocenters. The molecule has 34 heavy (non-hydrogen) atoms. The summed E-state index contributed by atoms with van der Waals surface area (Å²) in [5.74, 6) is 1.10. The van der Waals surface area contributed by atoms with Gasteiger partial charge < -0.3 is 20.7 Å². The maximum absolute atomic E-state index is 12.6. The largest absolute Gasteiger partial charge is 0.378 e. The Hall–Kier alpha value is -3.66. The van der Waals surface area contributed by atoms with Gasteiger partial charge >= 0.3 is 0 Å². The van der Waals surface area contributed by atoms with Crippen molar-refractivity contribution in [1.29, 1.82) is 0 Å². The van der Waals surface area contributed by atoms with Gasteiger partial charge in [0, 0.05) is 55.1 Å². The van der Waals surface area contributed by atoms with E-state index in [0.717, 1.165) is 66.2 Å². The highest BCUT2D eigenvalue weighted by Gasteiger charge is 2.30. The fourth-order valence-electron chi connectivity index (χ4n) is 4.55. The fraction of sp³-hybridized carbons (Fsp3) is 0.417. The molecular weight excluding hydrogens is 432 g/mol. The first-order chi connectivity index (χ1) is 16.6. The number of morpholine rings is 1. The third-order valence-corrected chi connectivity index (χ3v) is 6.40. The van der Waals surface area contributed by atoms with Gasteiger partial charge in [0.15, 0.2) is 0 Å². The van der Waals surface area contributed by atoms with E-state index in [9.17, 15) is 4.79 Å². The normalized spacial score (nSPS) is 17.4. The Morgan fingerprint density at radius 3 is 2.76 bits per heavy atom. The second-order valence-electron chi connectivity index (χ2n) is 8.62. The van der Waals surface area contributed by atoms with Crippen molar-refractivity contribution in [2.75, 3.05) is 42.3 Å². The molecule has 10 heteroatoms. The third kappa shape index (κ3) is 4.67. The van der Waals surface area contributed by atoms with Crippen LogP contribution in [0, 0.1) is 6.92 Å². The molecular formula is C24H28N8O2. The van der Waals surface area contributed by atoms with E-state index < -0.39 is 0 Å². The third-order valence-electron chi connectivity index (χ3n) is 6.40. The van der Waals surface area contributed by atoms with Crippen LogP contribution in [0.3, 0.4) is 0 Å². The molecule has 0 aromatic carbocycles. The monoisotopic (exact) mass is 460 g/mol. The number of carbonyl (C=O) groups is 1. The van der Waals surface area contributed by atoms with Gasteiger partial charge in [-0.2, -0.15) is 0 Å². The minimum atomic E-state index is -0.0147. The number of nitrogens with zero attached hydrogens (tertiary/aromatic N) is 6. The zero-order chi connectivity index (χ0) is 23.5. The molecule has 1 atom stereocenters. The van der Waals surface area contributed by atoms with Crippen molar-refractivity contribution in [1.82, 2.24) is 24.9 Å². The topological polar surface area (TPSA) is 132 Å². The van der Waals surface area contributed by atoms with Crippen molar-refractivity contribution in [3.05, 3.63) is 47.7 Å². The van der Waals surface area contributed by atoms with Crippen molar-refractivity contribution in [3.8, 4) is 11.3 Å². The van der Waals surface area contributed by atoms with E-state index >= 15 is 0 Å². The smallest absolute Gasteiger partial charge is 0.226 e. The summed E-state index contributed by atoms with van der Waals surface area (Å²) < 4.78 is 5.51. The van der Waals surface area contributed by atoms with Crippen molar-refractivity contribution < 1.29 is 9.53 Å². The first-order valence-corrected chi connectivity index (χ1v) is 11.6. The van der Waals surface area contributed by atoms with Gasteiger partial charge in [-0.3, -0.25) is 9.78 Å². The van der Waals surface area contributed by atoms with E-state index in [0.29, 0.717) is 25.6 Å². The first-order valence-electron chi connectivity index (χ1n) is 11.6. The van der Waals surface area contributed by atoms with Crippen LogP contribution in [0.4, 0.5) is 17.6 Å². The highest BCUT2D eigenvalue weighted by Crippen LogP contribution is 2.40. The van der Waals surface area contributed by atoms with Gasteiger partial charge in [0.25, 0.3) is 0 Å². The van der Waals surface area contributed by atoms with Gasteiger partial charge in [0.05, 0.1) is 36.0 Å². The van der Waals surface area contributed by atoms with Crippen LogP contribution in [0.25, 0.3) is 11.3 Å². The van der Waals surface area contributed by atoms with Gasteiger partial charge in [-0.05, 0) is 38.3 Å². The number of aryl methyl sites for hydroxylation is 1. The predicted molar refractivity (Wildman–Crippen MR) is 128 cm³/mol. The molecule has 3 aromatic rings. The lowest BCUT2D eigenvalue weighted by molar-refractivity contribution is -0.116. The highest BCUT2D eigenvalue weighted by atomic mass is 16.5. The number of pyridine rings is 1. The van der Waals surface area contributed by atoms with Crippen LogP contribution < -0.4 is 16.0 Å². The zero-order valence-corrected chi connectivity index (χ0v) is 19.2. The molecule has 1 saturated heterocycles. The Morgan fingerprint density at radius 1 is 1.21 bits per heavy atom. The first kappa shape index (κ1) is 22.1.